The lowest BCUT2D eigenvalue weighted by atomic mass is 10.2. The van der Waals surface area contributed by atoms with E-state index in [0.29, 0.717) is 11.5 Å². The summed E-state index contributed by atoms with van der Waals surface area (Å²) in [5.41, 5.74) is 8.12. The standard InChI is InChI=1S/C20H28N6O/c21-17-8-9-18(16-7-6-12-23-15-16)24-19(17)25-20(27)26-13-4-1-2-10-22-11-3-5-14-26/h6-9,12,15,22H,1-5,10-11,13-14,21H2,(H,24,25,27). The molecule has 0 bridgehead atoms. The van der Waals surface area contributed by atoms with Crippen molar-refractivity contribution in [2.75, 3.05) is 37.2 Å². The molecule has 144 valence electrons. The number of urea groups is 1. The van der Waals surface area contributed by atoms with Gasteiger partial charge >= 0.3 is 6.03 Å². The molecule has 1 fully saturated rings. The van der Waals surface area contributed by atoms with E-state index in [9.17, 15) is 4.79 Å². The molecule has 0 saturated carbocycles. The van der Waals surface area contributed by atoms with Gasteiger partial charge in [-0.15, -0.1) is 0 Å². The molecular formula is C20H28N6O. The van der Waals surface area contributed by atoms with Crippen molar-refractivity contribution in [1.82, 2.24) is 20.2 Å². The van der Waals surface area contributed by atoms with Crippen LogP contribution in [-0.2, 0) is 0 Å². The van der Waals surface area contributed by atoms with E-state index in [4.69, 9.17) is 5.73 Å². The van der Waals surface area contributed by atoms with Crippen molar-refractivity contribution in [2.45, 2.75) is 32.1 Å². The highest BCUT2D eigenvalue weighted by Gasteiger charge is 2.16. The Labute approximate surface area is 160 Å². The molecule has 0 atom stereocenters. The number of nitrogen functional groups attached to an aromatic ring is 1. The SMILES string of the molecule is Nc1ccc(-c2cccnc2)nc1NC(=O)N1CCCCCNCCCC1. The summed E-state index contributed by atoms with van der Waals surface area (Å²) in [6, 6.07) is 7.25. The fourth-order valence-corrected chi connectivity index (χ4v) is 3.15. The summed E-state index contributed by atoms with van der Waals surface area (Å²) in [4.78, 5) is 23.3. The number of nitrogens with one attached hydrogen (secondary N) is 2. The normalized spacial score (nSPS) is 16.4. The molecule has 3 heterocycles. The van der Waals surface area contributed by atoms with Gasteiger partial charge < -0.3 is 16.0 Å². The highest BCUT2D eigenvalue weighted by atomic mass is 16.2. The molecule has 7 heteroatoms. The number of nitrogens with two attached hydrogens (primary N) is 1. The third-order valence-corrected chi connectivity index (χ3v) is 4.71. The quantitative estimate of drug-likeness (QED) is 0.757. The summed E-state index contributed by atoms with van der Waals surface area (Å²) in [5, 5.41) is 6.35. The number of carbonyl (C=O) groups is 1. The summed E-state index contributed by atoms with van der Waals surface area (Å²) in [6.45, 7) is 3.58. The minimum Gasteiger partial charge on any atom is -0.396 e. The lowest BCUT2D eigenvalue weighted by molar-refractivity contribution is 0.209. The molecular weight excluding hydrogens is 340 g/mol. The van der Waals surface area contributed by atoms with Crippen LogP contribution in [0.25, 0.3) is 11.3 Å². The Bertz CT molecular complexity index is 725. The molecule has 0 radical (unpaired) electrons. The average molecular weight is 368 g/mol. The van der Waals surface area contributed by atoms with Gasteiger partial charge in [0.2, 0.25) is 0 Å². The van der Waals surface area contributed by atoms with E-state index in [1.807, 2.05) is 23.1 Å². The maximum Gasteiger partial charge on any atom is 0.323 e. The first-order valence-electron chi connectivity index (χ1n) is 9.67. The van der Waals surface area contributed by atoms with E-state index in [2.05, 4.69) is 20.6 Å². The number of rotatable bonds is 2. The maximum absolute atomic E-state index is 12.8. The van der Waals surface area contributed by atoms with Crippen LogP contribution in [0.3, 0.4) is 0 Å². The molecule has 4 N–H and O–H groups in total. The van der Waals surface area contributed by atoms with Crippen LogP contribution in [0.2, 0.25) is 0 Å². The van der Waals surface area contributed by atoms with Gasteiger partial charge in [0, 0.05) is 31.0 Å². The third-order valence-electron chi connectivity index (χ3n) is 4.71. The van der Waals surface area contributed by atoms with E-state index in [1.54, 1.807) is 18.5 Å². The fourth-order valence-electron chi connectivity index (χ4n) is 3.15. The molecule has 0 aromatic carbocycles. The lowest BCUT2D eigenvalue weighted by Gasteiger charge is -2.23. The number of nitrogens with zero attached hydrogens (tertiary/aromatic N) is 3. The Hall–Kier alpha value is -2.67. The van der Waals surface area contributed by atoms with Crippen molar-refractivity contribution in [3.8, 4) is 11.3 Å². The van der Waals surface area contributed by atoms with Crippen molar-refractivity contribution in [1.29, 1.82) is 0 Å². The van der Waals surface area contributed by atoms with E-state index in [-0.39, 0.29) is 6.03 Å². The zero-order chi connectivity index (χ0) is 18.9. The van der Waals surface area contributed by atoms with Crippen LogP contribution in [0.1, 0.15) is 32.1 Å². The summed E-state index contributed by atoms with van der Waals surface area (Å²) in [7, 11) is 0. The molecule has 2 amide bonds. The zero-order valence-corrected chi connectivity index (χ0v) is 15.7. The number of anilines is 2. The zero-order valence-electron chi connectivity index (χ0n) is 15.7. The lowest BCUT2D eigenvalue weighted by Crippen LogP contribution is -2.37. The predicted octanol–water partition coefficient (Wildman–Crippen LogP) is 3.11. The van der Waals surface area contributed by atoms with Crippen molar-refractivity contribution in [3.63, 3.8) is 0 Å². The van der Waals surface area contributed by atoms with E-state index in [1.165, 1.54) is 0 Å². The monoisotopic (exact) mass is 368 g/mol. The first-order valence-corrected chi connectivity index (χ1v) is 9.67. The predicted molar refractivity (Wildman–Crippen MR) is 108 cm³/mol. The summed E-state index contributed by atoms with van der Waals surface area (Å²) < 4.78 is 0. The van der Waals surface area contributed by atoms with Gasteiger partial charge in [-0.25, -0.2) is 9.78 Å². The van der Waals surface area contributed by atoms with E-state index >= 15 is 0 Å². The van der Waals surface area contributed by atoms with Gasteiger partial charge in [0.15, 0.2) is 5.82 Å². The Morgan fingerprint density at radius 2 is 1.85 bits per heavy atom. The van der Waals surface area contributed by atoms with Crippen LogP contribution < -0.4 is 16.4 Å². The molecule has 1 aliphatic rings. The van der Waals surface area contributed by atoms with Crippen LogP contribution in [0.5, 0.6) is 0 Å². The molecule has 3 rings (SSSR count). The molecule has 2 aromatic rings. The largest absolute Gasteiger partial charge is 0.396 e. The van der Waals surface area contributed by atoms with Crippen LogP contribution in [0.15, 0.2) is 36.7 Å². The molecule has 7 nitrogen and oxygen atoms in total. The van der Waals surface area contributed by atoms with Gasteiger partial charge in [0.1, 0.15) is 0 Å². The maximum atomic E-state index is 12.8. The number of pyridine rings is 2. The van der Waals surface area contributed by atoms with E-state index < -0.39 is 0 Å². The van der Waals surface area contributed by atoms with Crippen LogP contribution >= 0.6 is 0 Å². The van der Waals surface area contributed by atoms with Gasteiger partial charge in [-0.2, -0.15) is 0 Å². The summed E-state index contributed by atoms with van der Waals surface area (Å²) in [5.74, 6) is 0.400. The number of amides is 2. The average Bonchev–Trinajstić information content (AvgIpc) is 2.76. The second-order valence-corrected chi connectivity index (χ2v) is 6.81. The van der Waals surface area contributed by atoms with Gasteiger partial charge in [-0.05, 0) is 63.0 Å². The first-order chi connectivity index (χ1) is 13.2. The second-order valence-electron chi connectivity index (χ2n) is 6.81. The molecule has 0 unspecified atom stereocenters. The Balaban J connectivity index is 1.69. The number of carbonyl (C=O) groups excluding carboxylic acids is 1. The van der Waals surface area contributed by atoms with Crippen LogP contribution in [0, 0.1) is 0 Å². The van der Waals surface area contributed by atoms with Gasteiger partial charge in [0.25, 0.3) is 0 Å². The van der Waals surface area contributed by atoms with Crippen LogP contribution in [-0.4, -0.2) is 47.1 Å². The summed E-state index contributed by atoms with van der Waals surface area (Å²) >= 11 is 0. The molecule has 1 saturated heterocycles. The summed E-state index contributed by atoms with van der Waals surface area (Å²) in [6.07, 6.45) is 8.79. The molecule has 27 heavy (non-hydrogen) atoms. The fraction of sp³-hybridized carbons (Fsp3) is 0.450. The van der Waals surface area contributed by atoms with Crippen molar-refractivity contribution < 1.29 is 4.79 Å². The van der Waals surface area contributed by atoms with Gasteiger partial charge in [-0.3, -0.25) is 10.3 Å². The van der Waals surface area contributed by atoms with Gasteiger partial charge in [0.05, 0.1) is 11.4 Å². The van der Waals surface area contributed by atoms with Crippen molar-refractivity contribution in [2.24, 2.45) is 0 Å². The topological polar surface area (TPSA) is 96.2 Å². The number of aromatic nitrogens is 2. The smallest absolute Gasteiger partial charge is 0.323 e. The number of hydrogen-bond acceptors (Lipinski definition) is 5. The van der Waals surface area contributed by atoms with Crippen molar-refractivity contribution in [3.05, 3.63) is 36.7 Å². The molecule has 1 aliphatic heterocycles. The minimum absolute atomic E-state index is 0.134. The van der Waals surface area contributed by atoms with Gasteiger partial charge in [-0.1, -0.05) is 6.42 Å². The molecule has 0 aliphatic carbocycles. The van der Waals surface area contributed by atoms with Crippen molar-refractivity contribution >= 4 is 17.5 Å². The van der Waals surface area contributed by atoms with E-state index in [0.717, 1.165) is 69.5 Å². The Morgan fingerprint density at radius 1 is 1.07 bits per heavy atom. The minimum atomic E-state index is -0.134. The highest BCUT2D eigenvalue weighted by molar-refractivity contribution is 5.91. The number of hydrogen-bond donors (Lipinski definition) is 3. The molecule has 2 aromatic heterocycles. The van der Waals surface area contributed by atoms with Crippen LogP contribution in [0.4, 0.5) is 16.3 Å². The third kappa shape index (κ3) is 5.65. The first kappa shape index (κ1) is 19.1. The highest BCUT2D eigenvalue weighted by Crippen LogP contribution is 2.23. The molecule has 0 spiro atoms. The Morgan fingerprint density at radius 3 is 2.63 bits per heavy atom. The Kier molecular flexibility index (Phi) is 6.98. The second kappa shape index (κ2) is 9.87.